The molecule has 1 amide bonds. The van der Waals surface area contributed by atoms with Crippen LogP contribution >= 0.6 is 0 Å². The molecule has 0 bridgehead atoms. The highest BCUT2D eigenvalue weighted by atomic mass is 16.5. The van der Waals surface area contributed by atoms with Crippen LogP contribution in [0.3, 0.4) is 0 Å². The standard InChI is InChI=1S/C14H13NO2/c1-4-10-15(11-5-2)14(16)12-6-8-13(17-3)9-7-12/h1-2,6-9H,10-11H2,3H3. The second-order valence-corrected chi connectivity index (χ2v) is 3.30. The Morgan fingerprint density at radius 1 is 1.24 bits per heavy atom. The SMILES string of the molecule is C#CCN(CC#C)C(=O)c1ccc(OC)cc1. The summed E-state index contributed by atoms with van der Waals surface area (Å²) in [6, 6.07) is 6.80. The molecule has 0 atom stereocenters. The molecule has 17 heavy (non-hydrogen) atoms. The molecule has 0 N–H and O–H groups in total. The Labute approximate surface area is 101 Å². The Kier molecular flexibility index (Phi) is 4.66. The second kappa shape index (κ2) is 6.25. The van der Waals surface area contributed by atoms with Gasteiger partial charge in [-0.2, -0.15) is 0 Å². The molecule has 86 valence electrons. The lowest BCUT2D eigenvalue weighted by molar-refractivity contribution is 0.0796. The lowest BCUT2D eigenvalue weighted by Gasteiger charge is -2.17. The monoisotopic (exact) mass is 227 g/mol. The van der Waals surface area contributed by atoms with Gasteiger partial charge < -0.3 is 9.64 Å². The summed E-state index contributed by atoms with van der Waals surface area (Å²) in [5, 5.41) is 0. The molecule has 1 aromatic rings. The van der Waals surface area contributed by atoms with E-state index >= 15 is 0 Å². The first-order valence-corrected chi connectivity index (χ1v) is 5.03. The zero-order valence-electron chi connectivity index (χ0n) is 9.64. The number of methoxy groups -OCH3 is 1. The number of nitrogens with zero attached hydrogens (tertiary/aromatic N) is 1. The van der Waals surface area contributed by atoms with Gasteiger partial charge in [0.05, 0.1) is 20.2 Å². The van der Waals surface area contributed by atoms with Gasteiger partial charge in [-0.05, 0) is 24.3 Å². The van der Waals surface area contributed by atoms with Crippen molar-refractivity contribution in [3.63, 3.8) is 0 Å². The first kappa shape index (κ1) is 12.7. The molecule has 0 aliphatic rings. The van der Waals surface area contributed by atoms with Crippen LogP contribution in [0.5, 0.6) is 5.75 Å². The predicted octanol–water partition coefficient (Wildman–Crippen LogP) is 1.40. The maximum absolute atomic E-state index is 12.0. The van der Waals surface area contributed by atoms with Gasteiger partial charge in [0, 0.05) is 5.56 Å². The lowest BCUT2D eigenvalue weighted by atomic mass is 10.2. The summed E-state index contributed by atoms with van der Waals surface area (Å²) in [6.07, 6.45) is 10.4. The van der Waals surface area contributed by atoms with Gasteiger partial charge in [-0.15, -0.1) is 12.8 Å². The first-order chi connectivity index (χ1) is 8.22. The van der Waals surface area contributed by atoms with E-state index in [0.717, 1.165) is 0 Å². The minimum Gasteiger partial charge on any atom is -0.497 e. The van der Waals surface area contributed by atoms with E-state index in [2.05, 4.69) is 11.8 Å². The van der Waals surface area contributed by atoms with Crippen LogP contribution in [-0.2, 0) is 0 Å². The molecule has 1 rings (SSSR count). The number of hydrogen-bond donors (Lipinski definition) is 0. The number of carbonyl (C=O) groups is 1. The fraction of sp³-hybridized carbons (Fsp3) is 0.214. The smallest absolute Gasteiger partial charge is 0.255 e. The van der Waals surface area contributed by atoms with Crippen molar-refractivity contribution in [3.8, 4) is 30.4 Å². The van der Waals surface area contributed by atoms with E-state index in [1.807, 2.05) is 0 Å². The summed E-state index contributed by atoms with van der Waals surface area (Å²) in [7, 11) is 1.57. The summed E-state index contributed by atoms with van der Waals surface area (Å²) in [5.41, 5.74) is 0.538. The number of terminal acetylenes is 2. The number of rotatable bonds is 4. The fourth-order valence-electron chi connectivity index (χ4n) is 1.34. The van der Waals surface area contributed by atoms with E-state index in [4.69, 9.17) is 17.6 Å². The van der Waals surface area contributed by atoms with Crippen LogP contribution in [0.15, 0.2) is 24.3 Å². The van der Waals surface area contributed by atoms with Gasteiger partial charge in [-0.25, -0.2) is 0 Å². The van der Waals surface area contributed by atoms with E-state index in [1.165, 1.54) is 4.90 Å². The van der Waals surface area contributed by atoms with E-state index in [0.29, 0.717) is 11.3 Å². The molecule has 1 aromatic carbocycles. The van der Waals surface area contributed by atoms with Crippen molar-refractivity contribution in [2.75, 3.05) is 20.2 Å². The van der Waals surface area contributed by atoms with Crippen LogP contribution in [0.4, 0.5) is 0 Å². The Bertz CT molecular complexity index is 446. The van der Waals surface area contributed by atoms with Crippen molar-refractivity contribution < 1.29 is 9.53 Å². The van der Waals surface area contributed by atoms with Gasteiger partial charge in [-0.3, -0.25) is 4.79 Å². The van der Waals surface area contributed by atoms with Crippen LogP contribution in [0.2, 0.25) is 0 Å². The van der Waals surface area contributed by atoms with Crippen molar-refractivity contribution in [1.82, 2.24) is 4.90 Å². The third-order valence-corrected chi connectivity index (χ3v) is 2.19. The minimum absolute atomic E-state index is 0.177. The van der Waals surface area contributed by atoms with Crippen molar-refractivity contribution in [2.45, 2.75) is 0 Å². The highest BCUT2D eigenvalue weighted by Crippen LogP contribution is 2.12. The lowest BCUT2D eigenvalue weighted by Crippen LogP contribution is -2.31. The Morgan fingerprint density at radius 2 is 1.76 bits per heavy atom. The maximum Gasteiger partial charge on any atom is 0.255 e. The van der Waals surface area contributed by atoms with Gasteiger partial charge >= 0.3 is 0 Å². The first-order valence-electron chi connectivity index (χ1n) is 5.03. The average molecular weight is 227 g/mol. The third kappa shape index (κ3) is 3.29. The highest BCUT2D eigenvalue weighted by molar-refractivity contribution is 5.94. The Hall–Kier alpha value is -2.39. The van der Waals surface area contributed by atoms with Crippen LogP contribution in [0.25, 0.3) is 0 Å². The quantitative estimate of drug-likeness (QED) is 0.728. The summed E-state index contributed by atoms with van der Waals surface area (Å²) in [6.45, 7) is 0.407. The molecule has 0 saturated carbocycles. The molecular formula is C14H13NO2. The molecule has 0 aliphatic carbocycles. The number of carbonyl (C=O) groups excluding carboxylic acids is 1. The third-order valence-electron chi connectivity index (χ3n) is 2.19. The molecule has 0 spiro atoms. The zero-order chi connectivity index (χ0) is 12.7. The molecule has 0 aromatic heterocycles. The summed E-state index contributed by atoms with van der Waals surface area (Å²) >= 11 is 0. The van der Waals surface area contributed by atoms with E-state index < -0.39 is 0 Å². The Balaban J connectivity index is 2.86. The summed E-state index contributed by atoms with van der Waals surface area (Å²) in [4.78, 5) is 13.5. The molecule has 0 heterocycles. The highest BCUT2D eigenvalue weighted by Gasteiger charge is 2.13. The molecule has 0 unspecified atom stereocenters. The van der Waals surface area contributed by atoms with Gasteiger partial charge in [0.25, 0.3) is 5.91 Å². The van der Waals surface area contributed by atoms with Crippen molar-refractivity contribution in [3.05, 3.63) is 29.8 Å². The summed E-state index contributed by atoms with van der Waals surface area (Å²) < 4.78 is 5.01. The zero-order valence-corrected chi connectivity index (χ0v) is 9.64. The van der Waals surface area contributed by atoms with Crippen molar-refractivity contribution in [2.24, 2.45) is 0 Å². The Morgan fingerprint density at radius 3 is 2.18 bits per heavy atom. The van der Waals surface area contributed by atoms with Gasteiger partial charge in [0.15, 0.2) is 0 Å². The van der Waals surface area contributed by atoms with Crippen molar-refractivity contribution >= 4 is 5.91 Å². The van der Waals surface area contributed by atoms with E-state index in [1.54, 1.807) is 31.4 Å². The largest absolute Gasteiger partial charge is 0.497 e. The van der Waals surface area contributed by atoms with Crippen LogP contribution < -0.4 is 4.74 Å². The molecule has 0 fully saturated rings. The molecule has 0 radical (unpaired) electrons. The molecule has 0 aliphatic heterocycles. The minimum atomic E-state index is -0.177. The second-order valence-electron chi connectivity index (χ2n) is 3.30. The maximum atomic E-state index is 12.0. The van der Waals surface area contributed by atoms with Crippen molar-refractivity contribution in [1.29, 1.82) is 0 Å². The average Bonchev–Trinajstić information content (AvgIpc) is 2.38. The molecule has 3 nitrogen and oxygen atoms in total. The molecule has 3 heteroatoms. The normalized spacial score (nSPS) is 8.88. The summed E-state index contributed by atoms with van der Waals surface area (Å²) in [5.74, 6) is 5.34. The van der Waals surface area contributed by atoms with Gasteiger partial charge in [-0.1, -0.05) is 11.8 Å². The topological polar surface area (TPSA) is 29.5 Å². The number of benzene rings is 1. The molecular weight excluding hydrogens is 214 g/mol. The van der Waals surface area contributed by atoms with Crippen LogP contribution in [-0.4, -0.2) is 31.0 Å². The van der Waals surface area contributed by atoms with Gasteiger partial charge in [0.1, 0.15) is 5.75 Å². The number of amides is 1. The molecule has 0 saturated heterocycles. The van der Waals surface area contributed by atoms with Crippen LogP contribution in [0, 0.1) is 24.7 Å². The number of hydrogen-bond acceptors (Lipinski definition) is 2. The van der Waals surface area contributed by atoms with Crippen LogP contribution in [0.1, 0.15) is 10.4 Å². The van der Waals surface area contributed by atoms with Gasteiger partial charge in [0.2, 0.25) is 0 Å². The number of ether oxygens (including phenoxy) is 1. The van der Waals surface area contributed by atoms with E-state index in [-0.39, 0.29) is 19.0 Å². The fourth-order valence-corrected chi connectivity index (χ4v) is 1.34. The van der Waals surface area contributed by atoms with E-state index in [9.17, 15) is 4.79 Å². The predicted molar refractivity (Wildman–Crippen MR) is 66.6 cm³/mol.